The van der Waals surface area contributed by atoms with E-state index in [0.29, 0.717) is 33.5 Å². The summed E-state index contributed by atoms with van der Waals surface area (Å²) >= 11 is 1.23. The number of H-pyrrole nitrogens is 2. The van der Waals surface area contributed by atoms with Crippen molar-refractivity contribution in [2.24, 2.45) is 0 Å². The van der Waals surface area contributed by atoms with Crippen LogP contribution in [0.2, 0.25) is 0 Å². The van der Waals surface area contributed by atoms with Crippen molar-refractivity contribution in [1.82, 2.24) is 20.2 Å². The summed E-state index contributed by atoms with van der Waals surface area (Å²) in [6, 6.07) is 7.43. The second-order valence-electron chi connectivity index (χ2n) is 6.25. The van der Waals surface area contributed by atoms with E-state index in [1.165, 1.54) is 11.8 Å². The van der Waals surface area contributed by atoms with Crippen LogP contribution < -0.4 is 4.74 Å². The Morgan fingerprint density at radius 3 is 2.55 bits per heavy atom. The second-order valence-corrected chi connectivity index (χ2v) is 7.19. The molecule has 0 aliphatic rings. The number of hydrogen-bond donors (Lipinski definition) is 2. The number of carbonyl (C=O) groups is 2. The molecule has 0 radical (unpaired) electrons. The minimum Gasteiger partial charge on any atom is -0.497 e. The molecule has 0 saturated carbocycles. The summed E-state index contributed by atoms with van der Waals surface area (Å²) in [6.45, 7) is 5.51. The number of aryl methyl sites for hydroxylation is 1. The van der Waals surface area contributed by atoms with Crippen LogP contribution in [0.5, 0.6) is 5.75 Å². The van der Waals surface area contributed by atoms with Gasteiger partial charge in [0.05, 0.1) is 30.7 Å². The SMILES string of the molecule is CCOC(=O)c1c(C)[nH]c(C(=O)CSc2n[nH]c(-c3ccc(OC)cc3)n2)c1C. The molecule has 2 aromatic heterocycles. The quantitative estimate of drug-likeness (QED) is 0.329. The molecular formula is C20H22N4O4S. The van der Waals surface area contributed by atoms with E-state index in [9.17, 15) is 9.59 Å². The normalized spacial score (nSPS) is 10.8. The Morgan fingerprint density at radius 1 is 1.17 bits per heavy atom. The third-order valence-corrected chi connectivity index (χ3v) is 5.20. The van der Waals surface area contributed by atoms with E-state index in [2.05, 4.69) is 20.2 Å². The lowest BCUT2D eigenvalue weighted by Gasteiger charge is -2.02. The van der Waals surface area contributed by atoms with Crippen molar-refractivity contribution in [3.63, 3.8) is 0 Å². The first-order chi connectivity index (χ1) is 13.9. The van der Waals surface area contributed by atoms with E-state index < -0.39 is 5.97 Å². The van der Waals surface area contributed by atoms with Crippen molar-refractivity contribution in [2.45, 2.75) is 25.9 Å². The molecule has 3 aromatic rings. The maximum absolute atomic E-state index is 12.6. The Bertz CT molecular complexity index is 1020. The average Bonchev–Trinajstić information content (AvgIpc) is 3.30. The largest absolute Gasteiger partial charge is 0.497 e. The molecule has 0 amide bonds. The van der Waals surface area contributed by atoms with Crippen molar-refractivity contribution in [3.05, 3.63) is 46.8 Å². The minimum absolute atomic E-state index is 0.137. The summed E-state index contributed by atoms with van der Waals surface area (Å²) < 4.78 is 10.2. The highest BCUT2D eigenvalue weighted by molar-refractivity contribution is 7.99. The predicted octanol–water partition coefficient (Wildman–Crippen LogP) is 3.58. The van der Waals surface area contributed by atoms with Gasteiger partial charge < -0.3 is 14.5 Å². The molecule has 0 saturated heterocycles. The molecule has 152 valence electrons. The van der Waals surface area contributed by atoms with Crippen LogP contribution >= 0.6 is 11.8 Å². The Kier molecular flexibility index (Phi) is 6.38. The first kappa shape index (κ1) is 20.7. The first-order valence-electron chi connectivity index (χ1n) is 9.03. The summed E-state index contributed by atoms with van der Waals surface area (Å²) in [5.41, 5.74) is 2.91. The molecule has 0 unspecified atom stereocenters. The zero-order valence-electron chi connectivity index (χ0n) is 16.7. The van der Waals surface area contributed by atoms with Gasteiger partial charge in [-0.25, -0.2) is 9.78 Å². The summed E-state index contributed by atoms with van der Waals surface area (Å²) in [5.74, 6) is 0.944. The number of ketones is 1. The van der Waals surface area contributed by atoms with Crippen LogP contribution in [0.15, 0.2) is 29.4 Å². The molecule has 3 rings (SSSR count). The third kappa shape index (κ3) is 4.51. The number of thioether (sulfide) groups is 1. The fraction of sp³-hybridized carbons (Fsp3) is 0.300. The zero-order valence-corrected chi connectivity index (χ0v) is 17.5. The third-order valence-electron chi connectivity index (χ3n) is 4.36. The van der Waals surface area contributed by atoms with Crippen molar-refractivity contribution in [1.29, 1.82) is 0 Å². The van der Waals surface area contributed by atoms with Crippen molar-refractivity contribution in [2.75, 3.05) is 19.5 Å². The fourth-order valence-corrected chi connectivity index (χ4v) is 3.60. The van der Waals surface area contributed by atoms with Gasteiger partial charge in [-0.1, -0.05) is 11.8 Å². The predicted molar refractivity (Wildman–Crippen MR) is 110 cm³/mol. The highest BCUT2D eigenvalue weighted by atomic mass is 32.2. The highest BCUT2D eigenvalue weighted by Gasteiger charge is 2.23. The molecule has 8 nitrogen and oxygen atoms in total. The molecule has 29 heavy (non-hydrogen) atoms. The van der Waals surface area contributed by atoms with E-state index >= 15 is 0 Å². The van der Waals surface area contributed by atoms with Gasteiger partial charge in [-0.15, -0.1) is 5.10 Å². The van der Waals surface area contributed by atoms with Crippen LogP contribution in [-0.2, 0) is 4.74 Å². The van der Waals surface area contributed by atoms with Gasteiger partial charge in [0.15, 0.2) is 11.6 Å². The molecular weight excluding hydrogens is 392 g/mol. The standard InChI is InChI=1S/C20H22N4O4S/c1-5-28-19(26)16-11(2)17(21-12(16)3)15(25)10-29-20-22-18(23-24-20)13-6-8-14(27-4)9-7-13/h6-9,21H,5,10H2,1-4H3,(H,22,23,24). The van der Waals surface area contributed by atoms with Crippen molar-refractivity contribution in [3.8, 4) is 17.1 Å². The van der Waals surface area contributed by atoms with Gasteiger partial charge in [-0.05, 0) is 50.6 Å². The number of aromatic amines is 2. The number of Topliss-reactive ketones (excluding diaryl/α,β-unsaturated/α-hetero) is 1. The van der Waals surface area contributed by atoms with Crippen LogP contribution in [0.1, 0.15) is 39.0 Å². The van der Waals surface area contributed by atoms with E-state index in [-0.39, 0.29) is 18.1 Å². The Morgan fingerprint density at radius 2 is 1.90 bits per heavy atom. The van der Waals surface area contributed by atoms with Gasteiger partial charge in [0.2, 0.25) is 5.16 Å². The number of nitrogens with zero attached hydrogens (tertiary/aromatic N) is 2. The smallest absolute Gasteiger partial charge is 0.340 e. The Balaban J connectivity index is 1.68. The van der Waals surface area contributed by atoms with Crippen LogP contribution in [0.3, 0.4) is 0 Å². The topological polar surface area (TPSA) is 110 Å². The van der Waals surface area contributed by atoms with Gasteiger partial charge in [-0.3, -0.25) is 9.89 Å². The molecule has 2 N–H and O–H groups in total. The van der Waals surface area contributed by atoms with Crippen LogP contribution in [-0.4, -0.2) is 51.4 Å². The van der Waals surface area contributed by atoms with Gasteiger partial charge in [0.1, 0.15) is 5.75 Å². The number of esters is 1. The molecule has 0 aliphatic heterocycles. The highest BCUT2D eigenvalue weighted by Crippen LogP contribution is 2.24. The van der Waals surface area contributed by atoms with Crippen molar-refractivity contribution < 1.29 is 19.1 Å². The Hall–Kier alpha value is -3.07. The molecule has 9 heteroatoms. The lowest BCUT2D eigenvalue weighted by Crippen LogP contribution is -2.08. The van der Waals surface area contributed by atoms with E-state index in [1.54, 1.807) is 27.9 Å². The number of methoxy groups -OCH3 is 1. The van der Waals surface area contributed by atoms with Crippen LogP contribution in [0.25, 0.3) is 11.4 Å². The molecule has 0 fully saturated rings. The summed E-state index contributed by atoms with van der Waals surface area (Å²) in [6.07, 6.45) is 0. The lowest BCUT2D eigenvalue weighted by molar-refractivity contribution is 0.0525. The van der Waals surface area contributed by atoms with E-state index in [4.69, 9.17) is 9.47 Å². The number of benzene rings is 1. The Labute approximate surface area is 172 Å². The summed E-state index contributed by atoms with van der Waals surface area (Å²) in [4.78, 5) is 32.2. The van der Waals surface area contributed by atoms with Crippen LogP contribution in [0.4, 0.5) is 0 Å². The molecule has 0 spiro atoms. The van der Waals surface area contributed by atoms with Gasteiger partial charge >= 0.3 is 5.97 Å². The zero-order chi connectivity index (χ0) is 21.0. The number of hydrogen-bond acceptors (Lipinski definition) is 7. The lowest BCUT2D eigenvalue weighted by atomic mass is 10.1. The minimum atomic E-state index is -0.427. The number of aromatic nitrogens is 4. The fourth-order valence-electron chi connectivity index (χ4n) is 2.93. The number of ether oxygens (including phenoxy) is 2. The van der Waals surface area contributed by atoms with Gasteiger partial charge in [0.25, 0.3) is 0 Å². The van der Waals surface area contributed by atoms with Gasteiger partial charge in [0, 0.05) is 11.3 Å². The van der Waals surface area contributed by atoms with E-state index in [0.717, 1.165) is 11.3 Å². The maximum atomic E-state index is 12.6. The van der Waals surface area contributed by atoms with Gasteiger partial charge in [-0.2, -0.15) is 0 Å². The van der Waals surface area contributed by atoms with Crippen LogP contribution in [0, 0.1) is 13.8 Å². The number of rotatable bonds is 8. The second kappa shape index (κ2) is 8.95. The van der Waals surface area contributed by atoms with E-state index in [1.807, 2.05) is 24.3 Å². The first-order valence-corrected chi connectivity index (χ1v) is 10.0. The maximum Gasteiger partial charge on any atom is 0.340 e. The molecule has 2 heterocycles. The number of nitrogens with one attached hydrogen (secondary N) is 2. The molecule has 0 bridgehead atoms. The van der Waals surface area contributed by atoms with Crippen molar-refractivity contribution >= 4 is 23.5 Å². The number of carbonyl (C=O) groups excluding carboxylic acids is 2. The monoisotopic (exact) mass is 414 g/mol. The molecule has 0 aliphatic carbocycles. The molecule has 0 atom stereocenters. The average molecular weight is 414 g/mol. The summed E-state index contributed by atoms with van der Waals surface area (Å²) in [5, 5.41) is 7.50. The molecule has 1 aromatic carbocycles. The summed E-state index contributed by atoms with van der Waals surface area (Å²) in [7, 11) is 1.61.